The van der Waals surface area contributed by atoms with Gasteiger partial charge in [-0.1, -0.05) is 18.2 Å². The van der Waals surface area contributed by atoms with Crippen molar-refractivity contribution >= 4 is 17.4 Å². The molecule has 3 aromatic rings. The van der Waals surface area contributed by atoms with E-state index in [-0.39, 0.29) is 11.6 Å². The molecule has 0 fully saturated rings. The summed E-state index contributed by atoms with van der Waals surface area (Å²) < 4.78 is 0. The minimum Gasteiger partial charge on any atom is -0.329 e. The molecule has 0 unspecified atom stereocenters. The van der Waals surface area contributed by atoms with Crippen LogP contribution in [-0.2, 0) is 0 Å². The van der Waals surface area contributed by atoms with Gasteiger partial charge in [-0.15, -0.1) is 0 Å². The number of pyridine rings is 2. The quantitative estimate of drug-likeness (QED) is 0.691. The molecule has 2 aromatic heterocycles. The van der Waals surface area contributed by atoms with Gasteiger partial charge in [0.1, 0.15) is 0 Å². The third-order valence-corrected chi connectivity index (χ3v) is 3.51. The van der Waals surface area contributed by atoms with Crippen LogP contribution >= 0.6 is 0 Å². The number of nitrogens with zero attached hydrogens (tertiary/aromatic N) is 1. The first-order valence-electron chi connectivity index (χ1n) is 7.41. The number of carbonyl (C=O) groups excluding carboxylic acids is 1. The van der Waals surface area contributed by atoms with Gasteiger partial charge in [0.25, 0.3) is 5.56 Å². The summed E-state index contributed by atoms with van der Waals surface area (Å²) in [6.07, 6.45) is 3.08. The Morgan fingerprint density at radius 2 is 1.88 bits per heavy atom. The fraction of sp³-hybridized carbons (Fsp3) is 0.0556. The van der Waals surface area contributed by atoms with Crippen molar-refractivity contribution in [1.29, 1.82) is 0 Å². The second kappa shape index (κ2) is 6.78. The number of H-pyrrole nitrogens is 1. The van der Waals surface area contributed by atoms with E-state index < -0.39 is 0 Å². The lowest BCUT2D eigenvalue weighted by Gasteiger charge is -2.09. The minimum atomic E-state index is -0.351. The Morgan fingerprint density at radius 1 is 1.04 bits per heavy atom. The Hall–Kier alpha value is -3.41. The highest BCUT2D eigenvalue weighted by Gasteiger charge is 2.07. The van der Waals surface area contributed by atoms with E-state index in [2.05, 4.69) is 20.6 Å². The zero-order chi connectivity index (χ0) is 16.9. The van der Waals surface area contributed by atoms with Gasteiger partial charge in [0.05, 0.1) is 23.1 Å². The molecule has 3 rings (SSSR count). The number of anilines is 2. The summed E-state index contributed by atoms with van der Waals surface area (Å²) in [6, 6.07) is 14.0. The molecule has 0 aliphatic heterocycles. The number of aromatic amines is 1. The molecule has 0 saturated carbocycles. The number of urea groups is 1. The molecule has 24 heavy (non-hydrogen) atoms. The Balaban J connectivity index is 1.70. The van der Waals surface area contributed by atoms with Crippen LogP contribution in [0.3, 0.4) is 0 Å². The van der Waals surface area contributed by atoms with Crippen molar-refractivity contribution in [2.45, 2.75) is 6.92 Å². The zero-order valence-corrected chi connectivity index (χ0v) is 13.0. The molecule has 0 aliphatic carbocycles. The van der Waals surface area contributed by atoms with E-state index in [9.17, 15) is 9.59 Å². The van der Waals surface area contributed by atoms with Crippen molar-refractivity contribution in [2.24, 2.45) is 0 Å². The Kier molecular flexibility index (Phi) is 4.38. The molecule has 6 nitrogen and oxygen atoms in total. The SMILES string of the molecule is Cc1ccccc1NC(=O)Nc1ccc(-c2ccc[nH]c2=O)nc1. The third-order valence-electron chi connectivity index (χ3n) is 3.51. The lowest BCUT2D eigenvalue weighted by molar-refractivity contribution is 0.262. The first-order chi connectivity index (χ1) is 11.6. The molecule has 0 radical (unpaired) electrons. The lowest BCUT2D eigenvalue weighted by atomic mass is 10.2. The summed E-state index contributed by atoms with van der Waals surface area (Å²) in [4.78, 5) is 30.6. The average molecular weight is 320 g/mol. The van der Waals surface area contributed by atoms with Gasteiger partial charge in [-0.2, -0.15) is 0 Å². The van der Waals surface area contributed by atoms with Crippen molar-refractivity contribution in [2.75, 3.05) is 10.6 Å². The van der Waals surface area contributed by atoms with Crippen LogP contribution in [0.2, 0.25) is 0 Å². The highest BCUT2D eigenvalue weighted by atomic mass is 16.2. The molecule has 2 heterocycles. The van der Waals surface area contributed by atoms with E-state index in [4.69, 9.17) is 0 Å². The number of rotatable bonds is 3. The van der Waals surface area contributed by atoms with Crippen molar-refractivity contribution in [3.05, 3.63) is 76.8 Å². The maximum atomic E-state index is 12.0. The fourth-order valence-corrected chi connectivity index (χ4v) is 2.25. The number of nitrogens with one attached hydrogen (secondary N) is 3. The first kappa shape index (κ1) is 15.5. The molecule has 120 valence electrons. The van der Waals surface area contributed by atoms with Crippen LogP contribution in [0, 0.1) is 6.92 Å². The number of hydrogen-bond acceptors (Lipinski definition) is 3. The number of aromatic nitrogens is 2. The average Bonchev–Trinajstić information content (AvgIpc) is 2.58. The lowest BCUT2D eigenvalue weighted by Crippen LogP contribution is -2.20. The molecule has 0 atom stereocenters. The van der Waals surface area contributed by atoms with Gasteiger partial charge in [-0.3, -0.25) is 9.78 Å². The van der Waals surface area contributed by atoms with Gasteiger partial charge in [0.2, 0.25) is 0 Å². The molecular weight excluding hydrogens is 304 g/mol. The van der Waals surface area contributed by atoms with Gasteiger partial charge in [0.15, 0.2) is 0 Å². The van der Waals surface area contributed by atoms with Crippen LogP contribution in [0.5, 0.6) is 0 Å². The smallest absolute Gasteiger partial charge is 0.323 e. The summed E-state index contributed by atoms with van der Waals surface area (Å²) in [5.41, 5.74) is 3.08. The second-order valence-electron chi connectivity index (χ2n) is 5.24. The number of aryl methyl sites for hydroxylation is 1. The van der Waals surface area contributed by atoms with Crippen LogP contribution in [0.1, 0.15) is 5.56 Å². The zero-order valence-electron chi connectivity index (χ0n) is 13.0. The highest BCUT2D eigenvalue weighted by molar-refractivity contribution is 6.00. The van der Waals surface area contributed by atoms with Crippen LogP contribution in [0.15, 0.2) is 65.7 Å². The van der Waals surface area contributed by atoms with Gasteiger partial charge in [-0.05, 0) is 42.8 Å². The van der Waals surface area contributed by atoms with E-state index in [1.807, 2.05) is 31.2 Å². The molecule has 1 aromatic carbocycles. The fourth-order valence-electron chi connectivity index (χ4n) is 2.25. The predicted molar refractivity (Wildman–Crippen MR) is 94.1 cm³/mol. The monoisotopic (exact) mass is 320 g/mol. The number of benzene rings is 1. The van der Waals surface area contributed by atoms with E-state index in [0.717, 1.165) is 11.3 Å². The second-order valence-corrected chi connectivity index (χ2v) is 5.24. The van der Waals surface area contributed by atoms with Gasteiger partial charge in [0, 0.05) is 11.9 Å². The van der Waals surface area contributed by atoms with E-state index >= 15 is 0 Å². The van der Waals surface area contributed by atoms with E-state index in [0.29, 0.717) is 16.9 Å². The summed E-state index contributed by atoms with van der Waals surface area (Å²) in [6.45, 7) is 1.92. The molecule has 6 heteroatoms. The molecule has 2 amide bonds. The topological polar surface area (TPSA) is 86.9 Å². The molecule has 0 spiro atoms. The van der Waals surface area contributed by atoms with Gasteiger partial charge in [-0.25, -0.2) is 4.79 Å². The van der Waals surface area contributed by atoms with Crippen LogP contribution in [0.4, 0.5) is 16.2 Å². The molecule has 0 bridgehead atoms. The Bertz CT molecular complexity index is 917. The normalized spacial score (nSPS) is 10.2. The van der Waals surface area contributed by atoms with Crippen molar-refractivity contribution in [1.82, 2.24) is 9.97 Å². The standard InChI is InChI=1S/C18H16N4O2/c1-12-5-2-3-7-15(12)22-18(24)21-13-8-9-16(20-11-13)14-6-4-10-19-17(14)23/h2-11H,1H3,(H,19,23)(H2,21,22,24). The number of carbonyl (C=O) groups is 1. The molecule has 0 aliphatic rings. The maximum Gasteiger partial charge on any atom is 0.323 e. The third kappa shape index (κ3) is 3.49. The molecular formula is C18H16N4O2. The predicted octanol–water partition coefficient (Wildman–Crippen LogP) is 3.39. The Labute approximate surface area is 138 Å². The summed E-state index contributed by atoms with van der Waals surface area (Å²) in [5, 5.41) is 5.49. The number of amides is 2. The van der Waals surface area contributed by atoms with Crippen LogP contribution < -0.4 is 16.2 Å². The van der Waals surface area contributed by atoms with Gasteiger partial charge < -0.3 is 15.6 Å². The van der Waals surface area contributed by atoms with Crippen LogP contribution in [0.25, 0.3) is 11.3 Å². The summed E-state index contributed by atoms with van der Waals surface area (Å²) in [5.74, 6) is 0. The highest BCUT2D eigenvalue weighted by Crippen LogP contribution is 2.16. The van der Waals surface area contributed by atoms with Gasteiger partial charge >= 0.3 is 6.03 Å². The summed E-state index contributed by atoms with van der Waals surface area (Å²) in [7, 11) is 0. The van der Waals surface area contributed by atoms with Crippen molar-refractivity contribution in [3.8, 4) is 11.3 Å². The van der Waals surface area contributed by atoms with Crippen molar-refractivity contribution in [3.63, 3.8) is 0 Å². The molecule has 0 saturated heterocycles. The molecule has 3 N–H and O–H groups in total. The summed E-state index contributed by atoms with van der Waals surface area (Å²) >= 11 is 0. The largest absolute Gasteiger partial charge is 0.329 e. The number of hydrogen-bond donors (Lipinski definition) is 3. The minimum absolute atomic E-state index is 0.206. The van der Waals surface area contributed by atoms with Crippen molar-refractivity contribution < 1.29 is 4.79 Å². The van der Waals surface area contributed by atoms with Crippen LogP contribution in [-0.4, -0.2) is 16.0 Å². The Morgan fingerprint density at radius 3 is 2.58 bits per heavy atom. The van der Waals surface area contributed by atoms with E-state index in [1.165, 1.54) is 6.20 Å². The van der Waals surface area contributed by atoms with E-state index in [1.54, 1.807) is 30.5 Å². The maximum absolute atomic E-state index is 12.0. The first-order valence-corrected chi connectivity index (χ1v) is 7.41. The number of para-hydroxylation sites is 1.